The van der Waals surface area contributed by atoms with Gasteiger partial charge in [-0.25, -0.2) is 8.78 Å². The molecule has 1 amide bonds. The molecule has 0 saturated carbocycles. The van der Waals surface area contributed by atoms with Crippen molar-refractivity contribution in [3.63, 3.8) is 0 Å². The minimum Gasteiger partial charge on any atom is -0.455 e. The highest BCUT2D eigenvalue weighted by Gasteiger charge is 2.24. The van der Waals surface area contributed by atoms with Gasteiger partial charge >= 0.3 is 0 Å². The maximum atomic E-state index is 14.4. The van der Waals surface area contributed by atoms with Gasteiger partial charge in [-0.2, -0.15) is 0 Å². The van der Waals surface area contributed by atoms with Crippen LogP contribution in [0, 0.1) is 11.6 Å². The summed E-state index contributed by atoms with van der Waals surface area (Å²) in [4.78, 5) is 11.7. The Labute approximate surface area is 123 Å². The Balaban J connectivity index is 2.36. The number of carbonyl (C=O) groups is 1. The van der Waals surface area contributed by atoms with E-state index in [1.165, 1.54) is 36.4 Å². The van der Waals surface area contributed by atoms with Crippen LogP contribution in [0.4, 0.5) is 8.78 Å². The molecule has 0 saturated heterocycles. The quantitative estimate of drug-likeness (QED) is 0.781. The van der Waals surface area contributed by atoms with Crippen LogP contribution in [0.15, 0.2) is 40.8 Å². The molecule has 22 heavy (non-hydrogen) atoms. The van der Waals surface area contributed by atoms with Gasteiger partial charge < -0.3 is 15.3 Å². The van der Waals surface area contributed by atoms with Crippen molar-refractivity contribution in [2.45, 2.75) is 6.61 Å². The van der Waals surface area contributed by atoms with E-state index in [2.05, 4.69) is 0 Å². The normalized spacial score (nSPS) is 11.0. The van der Waals surface area contributed by atoms with Crippen molar-refractivity contribution in [2.24, 2.45) is 5.73 Å². The smallest absolute Gasteiger partial charge is 0.253 e. The molecule has 0 bridgehead atoms. The molecule has 3 aromatic rings. The summed E-state index contributed by atoms with van der Waals surface area (Å²) in [6.45, 7) is -0.517. The van der Waals surface area contributed by atoms with Gasteiger partial charge in [0.05, 0.1) is 17.6 Å². The third-order valence-corrected chi connectivity index (χ3v) is 3.40. The molecule has 0 aliphatic carbocycles. The van der Waals surface area contributed by atoms with Gasteiger partial charge in [0.15, 0.2) is 0 Å². The highest BCUT2D eigenvalue weighted by molar-refractivity contribution is 6.10. The molecular weight excluding hydrogens is 292 g/mol. The van der Waals surface area contributed by atoms with Crippen LogP contribution in [0.5, 0.6) is 0 Å². The summed E-state index contributed by atoms with van der Waals surface area (Å²) >= 11 is 0. The highest BCUT2D eigenvalue weighted by Crippen LogP contribution is 2.35. The van der Waals surface area contributed by atoms with Crippen molar-refractivity contribution < 1.29 is 23.1 Å². The molecule has 3 rings (SSSR count). The van der Waals surface area contributed by atoms with Gasteiger partial charge in [-0.15, -0.1) is 0 Å². The van der Waals surface area contributed by atoms with Crippen molar-refractivity contribution in [2.75, 3.05) is 0 Å². The Morgan fingerprint density at radius 3 is 2.41 bits per heavy atom. The monoisotopic (exact) mass is 303 g/mol. The standard InChI is InChI=1S/C16H11F2NO3/c17-10-4-1-8(2-5-10)15-13(16(19)21)12-11(22-15)6-3-9(7-20)14(12)18/h1-6,20H,7H2,(H2,19,21). The minimum absolute atomic E-state index is 0.0291. The number of primary amides is 1. The Kier molecular flexibility index (Phi) is 3.38. The van der Waals surface area contributed by atoms with E-state index in [0.717, 1.165) is 0 Å². The van der Waals surface area contributed by atoms with Gasteiger partial charge in [-0.05, 0) is 30.3 Å². The second-order valence-electron chi connectivity index (χ2n) is 4.75. The molecule has 3 N–H and O–H groups in total. The number of carbonyl (C=O) groups excluding carboxylic acids is 1. The van der Waals surface area contributed by atoms with Crippen molar-refractivity contribution in [3.8, 4) is 11.3 Å². The second-order valence-corrected chi connectivity index (χ2v) is 4.75. The zero-order chi connectivity index (χ0) is 15.9. The van der Waals surface area contributed by atoms with Crippen LogP contribution in [0.2, 0.25) is 0 Å². The summed E-state index contributed by atoms with van der Waals surface area (Å²) in [5.74, 6) is -2.01. The lowest BCUT2D eigenvalue weighted by molar-refractivity contribution is 0.100. The minimum atomic E-state index is -0.868. The summed E-state index contributed by atoms with van der Waals surface area (Å²) in [5.41, 5.74) is 5.78. The highest BCUT2D eigenvalue weighted by atomic mass is 19.1. The van der Waals surface area contributed by atoms with Gasteiger partial charge in [0.2, 0.25) is 0 Å². The zero-order valence-electron chi connectivity index (χ0n) is 11.3. The Hall–Kier alpha value is -2.73. The molecule has 0 aliphatic rings. The van der Waals surface area contributed by atoms with Crippen LogP contribution in [0.1, 0.15) is 15.9 Å². The van der Waals surface area contributed by atoms with E-state index in [1.807, 2.05) is 0 Å². The molecule has 6 heteroatoms. The first kappa shape index (κ1) is 14.2. The first-order valence-corrected chi connectivity index (χ1v) is 6.43. The molecule has 112 valence electrons. The summed E-state index contributed by atoms with van der Waals surface area (Å²) in [6, 6.07) is 8.02. The molecular formula is C16H11F2NO3. The molecule has 0 unspecified atom stereocenters. The fourth-order valence-corrected chi connectivity index (χ4v) is 2.36. The number of rotatable bonds is 3. The summed E-state index contributed by atoms with van der Waals surface area (Å²) in [6.07, 6.45) is 0. The second kappa shape index (κ2) is 5.23. The van der Waals surface area contributed by atoms with Crippen LogP contribution in [0.3, 0.4) is 0 Å². The maximum Gasteiger partial charge on any atom is 0.253 e. The van der Waals surface area contributed by atoms with Crippen molar-refractivity contribution in [1.29, 1.82) is 0 Å². The molecule has 0 aliphatic heterocycles. The van der Waals surface area contributed by atoms with E-state index >= 15 is 0 Å². The van der Waals surface area contributed by atoms with Crippen molar-refractivity contribution in [3.05, 3.63) is 59.2 Å². The number of amides is 1. The molecule has 0 atom stereocenters. The molecule has 0 radical (unpaired) electrons. The van der Waals surface area contributed by atoms with Gasteiger partial charge in [0.25, 0.3) is 5.91 Å². The van der Waals surface area contributed by atoms with Crippen LogP contribution in [-0.2, 0) is 6.61 Å². The fourth-order valence-electron chi connectivity index (χ4n) is 2.36. The molecule has 1 heterocycles. The first-order valence-electron chi connectivity index (χ1n) is 6.43. The van der Waals surface area contributed by atoms with E-state index in [-0.39, 0.29) is 27.9 Å². The number of fused-ring (bicyclic) bond motifs is 1. The van der Waals surface area contributed by atoms with Crippen LogP contribution >= 0.6 is 0 Å². The van der Waals surface area contributed by atoms with E-state index < -0.39 is 24.1 Å². The third-order valence-electron chi connectivity index (χ3n) is 3.40. The number of aliphatic hydroxyl groups is 1. The Morgan fingerprint density at radius 2 is 1.82 bits per heavy atom. The number of benzene rings is 2. The molecule has 0 fully saturated rings. The number of furan rings is 1. The lowest BCUT2D eigenvalue weighted by Gasteiger charge is -2.01. The number of halogens is 2. The molecule has 0 spiro atoms. The average molecular weight is 303 g/mol. The molecule has 1 aromatic heterocycles. The predicted molar refractivity (Wildman–Crippen MR) is 76.0 cm³/mol. The van der Waals surface area contributed by atoms with E-state index in [1.54, 1.807) is 0 Å². The summed E-state index contributed by atoms with van der Waals surface area (Å²) < 4.78 is 32.9. The van der Waals surface area contributed by atoms with Crippen molar-refractivity contribution >= 4 is 16.9 Å². The molecule has 4 nitrogen and oxygen atoms in total. The SMILES string of the molecule is NC(=O)c1c(-c2ccc(F)cc2)oc2ccc(CO)c(F)c12. The van der Waals surface area contributed by atoms with Gasteiger partial charge in [0.1, 0.15) is 23.0 Å². The van der Waals surface area contributed by atoms with Gasteiger partial charge in [-0.3, -0.25) is 4.79 Å². The number of aliphatic hydroxyl groups excluding tert-OH is 1. The van der Waals surface area contributed by atoms with Gasteiger partial charge in [0, 0.05) is 11.1 Å². The van der Waals surface area contributed by atoms with E-state index in [9.17, 15) is 13.6 Å². The summed E-state index contributed by atoms with van der Waals surface area (Å²) in [5, 5.41) is 9.05. The van der Waals surface area contributed by atoms with Crippen molar-refractivity contribution in [1.82, 2.24) is 0 Å². The van der Waals surface area contributed by atoms with Crippen LogP contribution < -0.4 is 5.73 Å². The van der Waals surface area contributed by atoms with Gasteiger partial charge in [-0.1, -0.05) is 6.07 Å². The Morgan fingerprint density at radius 1 is 1.14 bits per heavy atom. The molecule has 2 aromatic carbocycles. The predicted octanol–water partition coefficient (Wildman–Crippen LogP) is 2.97. The maximum absolute atomic E-state index is 14.4. The fraction of sp³-hybridized carbons (Fsp3) is 0.0625. The Bertz CT molecular complexity index is 869. The van der Waals surface area contributed by atoms with E-state index in [0.29, 0.717) is 5.56 Å². The third kappa shape index (κ3) is 2.14. The van der Waals surface area contributed by atoms with E-state index in [4.69, 9.17) is 15.3 Å². The lowest BCUT2D eigenvalue weighted by atomic mass is 10.0. The number of nitrogens with two attached hydrogens (primary N) is 1. The largest absolute Gasteiger partial charge is 0.455 e. The van der Waals surface area contributed by atoms with Crippen LogP contribution in [0.25, 0.3) is 22.3 Å². The lowest BCUT2D eigenvalue weighted by Crippen LogP contribution is -2.12. The number of hydrogen-bond donors (Lipinski definition) is 2. The topological polar surface area (TPSA) is 76.5 Å². The summed E-state index contributed by atoms with van der Waals surface area (Å²) in [7, 11) is 0. The van der Waals surface area contributed by atoms with Crippen LogP contribution in [-0.4, -0.2) is 11.0 Å². The number of hydrogen-bond acceptors (Lipinski definition) is 3. The first-order chi connectivity index (χ1) is 10.5. The zero-order valence-corrected chi connectivity index (χ0v) is 11.3. The average Bonchev–Trinajstić information content (AvgIpc) is 2.89.